The number of aromatic carboxylic acids is 1. The first-order chi connectivity index (χ1) is 16.6. The van der Waals surface area contributed by atoms with Gasteiger partial charge in [-0.25, -0.2) is 9.78 Å². The summed E-state index contributed by atoms with van der Waals surface area (Å²) < 4.78 is 6.02. The maximum atomic E-state index is 12.6. The smallest absolute Gasteiger partial charge is 0.335 e. The van der Waals surface area contributed by atoms with Gasteiger partial charge in [0.05, 0.1) is 23.2 Å². The van der Waals surface area contributed by atoms with Crippen LogP contribution in [0.1, 0.15) is 33.6 Å². The van der Waals surface area contributed by atoms with Crippen LogP contribution < -0.4 is 4.74 Å². The fourth-order valence-corrected chi connectivity index (χ4v) is 4.26. The first-order valence-corrected chi connectivity index (χ1v) is 11.4. The molecule has 4 aromatic rings. The Morgan fingerprint density at radius 3 is 2.41 bits per heavy atom. The first-order valence-electron chi connectivity index (χ1n) is 11.4. The number of hydrogen-bond donors (Lipinski definition) is 2. The Bertz CT molecular complexity index is 1310. The molecule has 0 saturated carbocycles. The van der Waals surface area contributed by atoms with Gasteiger partial charge in [0.15, 0.2) is 0 Å². The van der Waals surface area contributed by atoms with E-state index in [2.05, 4.69) is 9.97 Å². The van der Waals surface area contributed by atoms with Crippen molar-refractivity contribution in [3.8, 4) is 17.1 Å². The number of piperidine rings is 1. The minimum absolute atomic E-state index is 0.0975. The molecule has 1 amide bonds. The van der Waals surface area contributed by atoms with E-state index in [9.17, 15) is 9.59 Å². The number of H-pyrrole nitrogens is 1. The van der Waals surface area contributed by atoms with E-state index in [0.29, 0.717) is 23.9 Å². The van der Waals surface area contributed by atoms with Gasteiger partial charge in [0.25, 0.3) is 5.91 Å². The fourth-order valence-electron chi connectivity index (χ4n) is 4.26. The summed E-state index contributed by atoms with van der Waals surface area (Å²) >= 11 is 0. The van der Waals surface area contributed by atoms with Crippen LogP contribution in [-0.4, -0.2) is 51.5 Å². The number of fused-ring (bicyclic) bond motifs is 1. The van der Waals surface area contributed by atoms with Crippen molar-refractivity contribution in [3.63, 3.8) is 0 Å². The highest BCUT2D eigenvalue weighted by molar-refractivity contribution is 5.94. The summed E-state index contributed by atoms with van der Waals surface area (Å²) in [7, 11) is 0. The summed E-state index contributed by atoms with van der Waals surface area (Å²) in [6, 6.07) is 22.0. The van der Waals surface area contributed by atoms with Crippen LogP contribution in [-0.2, 0) is 0 Å². The molecule has 7 heteroatoms. The van der Waals surface area contributed by atoms with Crippen LogP contribution in [0.25, 0.3) is 22.4 Å². The van der Waals surface area contributed by atoms with Crippen molar-refractivity contribution >= 4 is 22.9 Å². The molecule has 5 rings (SSSR count). The minimum Gasteiger partial charge on any atom is -0.493 e. The number of ether oxygens (including phenoxy) is 1. The highest BCUT2D eigenvalue weighted by atomic mass is 16.5. The van der Waals surface area contributed by atoms with Crippen molar-refractivity contribution in [2.24, 2.45) is 5.92 Å². The van der Waals surface area contributed by atoms with Crippen molar-refractivity contribution in [2.45, 2.75) is 12.8 Å². The molecule has 0 aliphatic carbocycles. The standard InChI is InChI=1S/C27H25N3O4/c31-26(20-4-2-1-3-5-20)30-14-12-18(13-15-30)17-34-22-9-6-19(7-10-22)25-28-23-11-8-21(27(32)33)16-24(23)29-25/h1-11,16,18H,12-15,17H2,(H,28,29)(H,32,33). The zero-order chi connectivity index (χ0) is 23.5. The van der Waals surface area contributed by atoms with Gasteiger partial charge in [0.2, 0.25) is 0 Å². The Hall–Kier alpha value is -4.13. The van der Waals surface area contributed by atoms with Crippen LogP contribution in [0.5, 0.6) is 5.75 Å². The second-order valence-electron chi connectivity index (χ2n) is 8.56. The Balaban J connectivity index is 1.15. The van der Waals surface area contributed by atoms with E-state index in [1.807, 2.05) is 59.5 Å². The summed E-state index contributed by atoms with van der Waals surface area (Å²) in [5.74, 6) is 1.01. The largest absolute Gasteiger partial charge is 0.493 e. The number of nitrogens with zero attached hydrogens (tertiary/aromatic N) is 2. The van der Waals surface area contributed by atoms with Crippen LogP contribution in [0.3, 0.4) is 0 Å². The fraction of sp³-hybridized carbons (Fsp3) is 0.222. The van der Waals surface area contributed by atoms with E-state index in [1.165, 1.54) is 0 Å². The van der Waals surface area contributed by atoms with Crippen molar-refractivity contribution in [3.05, 3.63) is 83.9 Å². The number of carbonyl (C=O) groups excluding carboxylic acids is 1. The molecular weight excluding hydrogens is 430 g/mol. The quantitative estimate of drug-likeness (QED) is 0.433. The highest BCUT2D eigenvalue weighted by Crippen LogP contribution is 2.25. The van der Waals surface area contributed by atoms with Gasteiger partial charge in [-0.15, -0.1) is 0 Å². The zero-order valence-corrected chi connectivity index (χ0v) is 18.6. The third-order valence-corrected chi connectivity index (χ3v) is 6.27. The van der Waals surface area contributed by atoms with Gasteiger partial charge in [0, 0.05) is 24.2 Å². The molecule has 1 aromatic heterocycles. The maximum absolute atomic E-state index is 12.6. The van der Waals surface area contributed by atoms with Gasteiger partial charge in [-0.2, -0.15) is 0 Å². The number of likely N-dealkylation sites (tertiary alicyclic amines) is 1. The molecule has 0 atom stereocenters. The van der Waals surface area contributed by atoms with E-state index >= 15 is 0 Å². The van der Waals surface area contributed by atoms with E-state index in [-0.39, 0.29) is 11.5 Å². The van der Waals surface area contributed by atoms with Crippen molar-refractivity contribution in [1.29, 1.82) is 0 Å². The lowest BCUT2D eigenvalue weighted by Crippen LogP contribution is -2.39. The zero-order valence-electron chi connectivity index (χ0n) is 18.6. The van der Waals surface area contributed by atoms with Crippen LogP contribution in [0.2, 0.25) is 0 Å². The lowest BCUT2D eigenvalue weighted by atomic mass is 9.97. The monoisotopic (exact) mass is 455 g/mol. The molecule has 0 unspecified atom stereocenters. The molecule has 1 aliphatic rings. The van der Waals surface area contributed by atoms with Crippen LogP contribution in [0.15, 0.2) is 72.8 Å². The topological polar surface area (TPSA) is 95.5 Å². The SMILES string of the molecule is O=C(O)c1ccc2[nH]c(-c3ccc(OCC4CCN(C(=O)c5ccccc5)CC4)cc3)nc2c1. The van der Waals surface area contributed by atoms with Crippen molar-refractivity contribution < 1.29 is 19.4 Å². The number of carboxylic acid groups (broad SMARTS) is 1. The number of benzene rings is 3. The highest BCUT2D eigenvalue weighted by Gasteiger charge is 2.24. The normalized spacial score (nSPS) is 14.3. The van der Waals surface area contributed by atoms with E-state index < -0.39 is 5.97 Å². The number of hydrogen-bond acceptors (Lipinski definition) is 4. The number of amides is 1. The molecule has 2 heterocycles. The summed E-state index contributed by atoms with van der Waals surface area (Å²) in [6.07, 6.45) is 1.85. The maximum Gasteiger partial charge on any atom is 0.335 e. The Labute approximate surface area is 197 Å². The molecule has 1 saturated heterocycles. The van der Waals surface area contributed by atoms with Crippen molar-refractivity contribution in [2.75, 3.05) is 19.7 Å². The Kier molecular flexibility index (Phi) is 5.99. The van der Waals surface area contributed by atoms with E-state index in [1.54, 1.807) is 18.2 Å². The van der Waals surface area contributed by atoms with Gasteiger partial charge in [-0.05, 0) is 73.4 Å². The molecule has 1 aliphatic heterocycles. The predicted octanol–water partition coefficient (Wildman–Crippen LogP) is 4.86. The van der Waals surface area contributed by atoms with Gasteiger partial charge < -0.3 is 19.7 Å². The molecule has 3 aromatic carbocycles. The van der Waals surface area contributed by atoms with Crippen molar-refractivity contribution in [1.82, 2.24) is 14.9 Å². The molecule has 0 spiro atoms. The van der Waals surface area contributed by atoms with E-state index in [0.717, 1.165) is 48.3 Å². The number of imidazole rings is 1. The van der Waals surface area contributed by atoms with Crippen LogP contribution >= 0.6 is 0 Å². The second kappa shape index (κ2) is 9.39. The molecule has 7 nitrogen and oxygen atoms in total. The average molecular weight is 456 g/mol. The molecule has 1 fully saturated rings. The van der Waals surface area contributed by atoms with Gasteiger partial charge >= 0.3 is 5.97 Å². The Morgan fingerprint density at radius 2 is 1.71 bits per heavy atom. The average Bonchev–Trinajstić information content (AvgIpc) is 3.32. The third-order valence-electron chi connectivity index (χ3n) is 6.27. The minimum atomic E-state index is -0.971. The second-order valence-corrected chi connectivity index (χ2v) is 8.56. The molecule has 172 valence electrons. The number of aromatic amines is 1. The number of carboxylic acids is 1. The van der Waals surface area contributed by atoms with Crippen LogP contribution in [0, 0.1) is 5.92 Å². The number of carbonyl (C=O) groups is 2. The Morgan fingerprint density at radius 1 is 0.971 bits per heavy atom. The number of nitrogens with one attached hydrogen (secondary N) is 1. The lowest BCUT2D eigenvalue weighted by molar-refractivity contribution is 0.0659. The number of rotatable bonds is 6. The lowest BCUT2D eigenvalue weighted by Gasteiger charge is -2.32. The summed E-state index contributed by atoms with van der Waals surface area (Å²) in [5, 5.41) is 9.16. The molecule has 0 radical (unpaired) electrons. The molecular formula is C27H25N3O4. The van der Waals surface area contributed by atoms with Gasteiger partial charge in [0.1, 0.15) is 11.6 Å². The summed E-state index contributed by atoms with van der Waals surface area (Å²) in [6.45, 7) is 2.11. The first kappa shape index (κ1) is 21.7. The van der Waals surface area contributed by atoms with Gasteiger partial charge in [-0.3, -0.25) is 4.79 Å². The molecule has 0 bridgehead atoms. The van der Waals surface area contributed by atoms with Crippen LogP contribution in [0.4, 0.5) is 0 Å². The summed E-state index contributed by atoms with van der Waals surface area (Å²) in [5.41, 5.74) is 3.26. The molecule has 2 N–H and O–H groups in total. The predicted molar refractivity (Wildman–Crippen MR) is 129 cm³/mol. The number of aromatic nitrogens is 2. The van der Waals surface area contributed by atoms with Gasteiger partial charge in [-0.1, -0.05) is 18.2 Å². The molecule has 34 heavy (non-hydrogen) atoms. The third kappa shape index (κ3) is 4.64. The summed E-state index contributed by atoms with van der Waals surface area (Å²) in [4.78, 5) is 33.4. The van der Waals surface area contributed by atoms with E-state index in [4.69, 9.17) is 9.84 Å².